The van der Waals surface area contributed by atoms with Gasteiger partial charge < -0.3 is 4.42 Å². The molecule has 1 aromatic heterocycles. The summed E-state index contributed by atoms with van der Waals surface area (Å²) < 4.78 is 6.68. The third kappa shape index (κ3) is 2.84. The van der Waals surface area contributed by atoms with Crippen molar-refractivity contribution in [3.63, 3.8) is 0 Å². The molecule has 2 nitrogen and oxygen atoms in total. The Bertz CT molecular complexity index is 608. The summed E-state index contributed by atoms with van der Waals surface area (Å²) in [5, 5.41) is 0. The summed E-state index contributed by atoms with van der Waals surface area (Å²) >= 11 is 8.12. The van der Waals surface area contributed by atoms with Crippen molar-refractivity contribution in [1.82, 2.24) is 0 Å². The van der Waals surface area contributed by atoms with Crippen LogP contribution in [0.3, 0.4) is 0 Å². The van der Waals surface area contributed by atoms with Crippen LogP contribution >= 0.6 is 43.6 Å². The molecule has 1 aromatic carbocycles. The topological polar surface area (TPSA) is 30.2 Å². The van der Waals surface area contributed by atoms with E-state index in [9.17, 15) is 4.79 Å². The molecule has 0 radical (unpaired) electrons. The molecule has 17 heavy (non-hydrogen) atoms. The number of benzene rings is 1. The zero-order chi connectivity index (χ0) is 12.4. The molecule has 0 aliphatic heterocycles. The van der Waals surface area contributed by atoms with Crippen molar-refractivity contribution < 1.29 is 4.42 Å². The lowest BCUT2D eigenvalue weighted by Gasteiger charge is -2.04. The molecule has 0 aliphatic carbocycles. The van der Waals surface area contributed by atoms with Crippen molar-refractivity contribution in [2.24, 2.45) is 0 Å². The van der Waals surface area contributed by atoms with Gasteiger partial charge in [-0.1, -0.05) is 28.1 Å². The maximum Gasteiger partial charge on any atom is 0.351 e. The Morgan fingerprint density at radius 3 is 2.65 bits per heavy atom. The normalized spacial score (nSPS) is 10.5. The first kappa shape index (κ1) is 12.9. The SMILES string of the molecule is CSc1cc(-c2cccc(Br)c2)oc(=O)c1Br. The Labute approximate surface area is 120 Å². The van der Waals surface area contributed by atoms with E-state index in [0.29, 0.717) is 10.2 Å². The van der Waals surface area contributed by atoms with Crippen LogP contribution in [0, 0.1) is 0 Å². The van der Waals surface area contributed by atoms with Crippen LogP contribution in [0.1, 0.15) is 0 Å². The van der Waals surface area contributed by atoms with Crippen molar-refractivity contribution in [1.29, 1.82) is 0 Å². The second-order valence-corrected chi connectivity index (χ2v) is 5.85. The van der Waals surface area contributed by atoms with Crippen molar-refractivity contribution in [3.8, 4) is 11.3 Å². The van der Waals surface area contributed by atoms with Gasteiger partial charge in [0.2, 0.25) is 0 Å². The first-order valence-electron chi connectivity index (χ1n) is 4.75. The van der Waals surface area contributed by atoms with Crippen LogP contribution in [0.5, 0.6) is 0 Å². The standard InChI is InChI=1S/C12H8Br2O2S/c1-17-10-6-9(16-12(15)11(10)14)7-3-2-4-8(13)5-7/h2-6H,1H3. The third-order valence-electron chi connectivity index (χ3n) is 2.19. The van der Waals surface area contributed by atoms with Gasteiger partial charge in [0.25, 0.3) is 0 Å². The summed E-state index contributed by atoms with van der Waals surface area (Å²) in [5.74, 6) is 0.573. The van der Waals surface area contributed by atoms with Crippen LogP contribution in [0.4, 0.5) is 0 Å². The van der Waals surface area contributed by atoms with Gasteiger partial charge in [0, 0.05) is 14.9 Å². The smallest absolute Gasteiger partial charge is 0.351 e. The fourth-order valence-electron chi connectivity index (χ4n) is 1.39. The van der Waals surface area contributed by atoms with E-state index in [1.807, 2.05) is 36.6 Å². The molecule has 0 saturated heterocycles. The quantitative estimate of drug-likeness (QED) is 0.721. The molecule has 2 rings (SSSR count). The van der Waals surface area contributed by atoms with E-state index in [1.54, 1.807) is 0 Å². The minimum atomic E-state index is -0.355. The molecule has 88 valence electrons. The van der Waals surface area contributed by atoms with E-state index < -0.39 is 0 Å². The minimum Gasteiger partial charge on any atom is -0.422 e. The van der Waals surface area contributed by atoms with Crippen molar-refractivity contribution in [2.75, 3.05) is 6.26 Å². The Kier molecular flexibility index (Phi) is 4.12. The summed E-state index contributed by atoms with van der Waals surface area (Å²) in [6.45, 7) is 0. The highest BCUT2D eigenvalue weighted by Crippen LogP contribution is 2.29. The number of rotatable bonds is 2. The monoisotopic (exact) mass is 374 g/mol. The average molecular weight is 376 g/mol. The Morgan fingerprint density at radius 1 is 1.24 bits per heavy atom. The molecule has 0 atom stereocenters. The number of hydrogen-bond donors (Lipinski definition) is 0. The molecule has 0 saturated carbocycles. The van der Waals surface area contributed by atoms with Gasteiger partial charge in [0.1, 0.15) is 10.2 Å². The number of halogens is 2. The van der Waals surface area contributed by atoms with Gasteiger partial charge in [0.05, 0.1) is 0 Å². The molecule has 1 heterocycles. The van der Waals surface area contributed by atoms with Crippen LogP contribution < -0.4 is 5.63 Å². The Hall–Kier alpha value is -0.520. The fourth-order valence-corrected chi connectivity index (χ4v) is 2.96. The second kappa shape index (κ2) is 5.42. The maximum absolute atomic E-state index is 11.6. The lowest BCUT2D eigenvalue weighted by molar-refractivity contribution is 0.516. The summed E-state index contributed by atoms with van der Waals surface area (Å²) in [6.07, 6.45) is 1.92. The summed E-state index contributed by atoms with van der Waals surface area (Å²) in [4.78, 5) is 12.5. The largest absolute Gasteiger partial charge is 0.422 e. The maximum atomic E-state index is 11.6. The summed E-state index contributed by atoms with van der Waals surface area (Å²) in [7, 11) is 0. The van der Waals surface area contributed by atoms with Gasteiger partial charge in [-0.25, -0.2) is 4.79 Å². The fraction of sp³-hybridized carbons (Fsp3) is 0.0833. The van der Waals surface area contributed by atoms with E-state index >= 15 is 0 Å². The molecular formula is C12H8Br2O2S. The average Bonchev–Trinajstić information content (AvgIpc) is 2.32. The molecule has 0 bridgehead atoms. The van der Waals surface area contributed by atoms with Gasteiger partial charge >= 0.3 is 5.63 Å². The van der Waals surface area contributed by atoms with E-state index in [-0.39, 0.29) is 5.63 Å². The molecule has 0 fully saturated rings. The Balaban J connectivity index is 2.61. The lowest BCUT2D eigenvalue weighted by Crippen LogP contribution is -2.01. The van der Waals surface area contributed by atoms with Gasteiger partial charge in [0.15, 0.2) is 0 Å². The van der Waals surface area contributed by atoms with Crippen LogP contribution in [0.15, 0.2) is 53.4 Å². The molecule has 0 aliphatic rings. The van der Waals surface area contributed by atoms with E-state index in [4.69, 9.17) is 4.42 Å². The van der Waals surface area contributed by atoms with Crippen LogP contribution in [-0.4, -0.2) is 6.26 Å². The molecule has 0 N–H and O–H groups in total. The second-order valence-electron chi connectivity index (χ2n) is 3.29. The Morgan fingerprint density at radius 2 is 2.00 bits per heavy atom. The number of thioether (sulfide) groups is 1. The van der Waals surface area contributed by atoms with Crippen molar-refractivity contribution in [2.45, 2.75) is 4.90 Å². The highest BCUT2D eigenvalue weighted by Gasteiger charge is 2.10. The van der Waals surface area contributed by atoms with E-state index in [1.165, 1.54) is 11.8 Å². The molecule has 0 unspecified atom stereocenters. The van der Waals surface area contributed by atoms with Gasteiger partial charge in [-0.3, -0.25) is 0 Å². The van der Waals surface area contributed by atoms with E-state index in [0.717, 1.165) is 14.9 Å². The number of hydrogen-bond acceptors (Lipinski definition) is 3. The van der Waals surface area contributed by atoms with Gasteiger partial charge in [-0.05, 0) is 40.4 Å². The zero-order valence-electron chi connectivity index (χ0n) is 8.87. The highest BCUT2D eigenvalue weighted by atomic mass is 79.9. The molecular weight excluding hydrogens is 368 g/mol. The minimum absolute atomic E-state index is 0.355. The van der Waals surface area contributed by atoms with Crippen molar-refractivity contribution in [3.05, 3.63) is 49.7 Å². The highest BCUT2D eigenvalue weighted by molar-refractivity contribution is 9.10. The third-order valence-corrected chi connectivity index (χ3v) is 4.46. The van der Waals surface area contributed by atoms with Crippen LogP contribution in [0.2, 0.25) is 0 Å². The van der Waals surface area contributed by atoms with E-state index in [2.05, 4.69) is 31.9 Å². The lowest BCUT2D eigenvalue weighted by atomic mass is 10.2. The predicted molar refractivity (Wildman–Crippen MR) is 77.6 cm³/mol. The molecule has 0 amide bonds. The van der Waals surface area contributed by atoms with Crippen LogP contribution in [0.25, 0.3) is 11.3 Å². The first-order chi connectivity index (χ1) is 8.11. The summed E-state index contributed by atoms with van der Waals surface area (Å²) in [6, 6.07) is 9.51. The predicted octanol–water partition coefficient (Wildman–Crippen LogP) is 4.55. The molecule has 5 heteroatoms. The van der Waals surface area contributed by atoms with Crippen molar-refractivity contribution >= 4 is 43.6 Å². The molecule has 0 spiro atoms. The zero-order valence-corrected chi connectivity index (χ0v) is 12.9. The van der Waals surface area contributed by atoms with Gasteiger partial charge in [-0.15, -0.1) is 11.8 Å². The van der Waals surface area contributed by atoms with Gasteiger partial charge in [-0.2, -0.15) is 0 Å². The van der Waals surface area contributed by atoms with Crippen LogP contribution in [-0.2, 0) is 0 Å². The summed E-state index contributed by atoms with van der Waals surface area (Å²) in [5.41, 5.74) is 0.520. The first-order valence-corrected chi connectivity index (χ1v) is 7.56. The molecule has 2 aromatic rings.